The summed E-state index contributed by atoms with van der Waals surface area (Å²) in [5.74, 6) is 1.01. The van der Waals surface area contributed by atoms with Crippen molar-refractivity contribution in [1.82, 2.24) is 4.57 Å². The van der Waals surface area contributed by atoms with Crippen LogP contribution in [0.2, 0.25) is 0 Å². The van der Waals surface area contributed by atoms with Gasteiger partial charge in [0.2, 0.25) is 0 Å². The Morgan fingerprint density at radius 1 is 0.962 bits per heavy atom. The second-order valence-corrected chi connectivity index (χ2v) is 7.53. The van der Waals surface area contributed by atoms with Gasteiger partial charge in [0.25, 0.3) is 0 Å². The van der Waals surface area contributed by atoms with Gasteiger partial charge in [-0.1, -0.05) is 60.7 Å². The highest BCUT2D eigenvalue weighted by Gasteiger charge is 2.20. The standard InChI is InChI=1S/C23H25N3/c1-23(2,3)25-22-21(19-12-8-5-9-13-19)16-20(17-24)26(22)15-14-18-10-6-4-7-11-18/h4-13,16,25H,14-15H2,1-3H3. The Morgan fingerprint density at radius 3 is 2.15 bits per heavy atom. The Labute approximate surface area is 155 Å². The van der Waals surface area contributed by atoms with Gasteiger partial charge in [-0.15, -0.1) is 0 Å². The smallest absolute Gasteiger partial charge is 0.122 e. The summed E-state index contributed by atoms with van der Waals surface area (Å²) in [6.45, 7) is 7.19. The number of aryl methyl sites for hydroxylation is 1. The van der Waals surface area contributed by atoms with Gasteiger partial charge in [0.05, 0.1) is 0 Å². The molecule has 0 radical (unpaired) electrons. The van der Waals surface area contributed by atoms with E-state index in [-0.39, 0.29) is 5.54 Å². The maximum atomic E-state index is 9.70. The molecule has 0 amide bonds. The molecule has 0 aliphatic heterocycles. The monoisotopic (exact) mass is 343 g/mol. The molecule has 0 fully saturated rings. The summed E-state index contributed by atoms with van der Waals surface area (Å²) in [6.07, 6.45) is 0.886. The van der Waals surface area contributed by atoms with Gasteiger partial charge in [-0.25, -0.2) is 0 Å². The molecule has 1 N–H and O–H groups in total. The predicted octanol–water partition coefficient (Wildman–Crippen LogP) is 5.48. The lowest BCUT2D eigenvalue weighted by molar-refractivity contribution is 0.610. The Bertz CT molecular complexity index is 894. The summed E-state index contributed by atoms with van der Waals surface area (Å²) in [4.78, 5) is 0. The van der Waals surface area contributed by atoms with Crippen molar-refractivity contribution in [3.63, 3.8) is 0 Å². The molecular formula is C23H25N3. The van der Waals surface area contributed by atoms with E-state index >= 15 is 0 Å². The molecule has 1 heterocycles. The van der Waals surface area contributed by atoms with E-state index in [0.717, 1.165) is 29.9 Å². The van der Waals surface area contributed by atoms with Crippen LogP contribution in [-0.2, 0) is 13.0 Å². The highest BCUT2D eigenvalue weighted by Crippen LogP contribution is 2.33. The Morgan fingerprint density at radius 2 is 1.58 bits per heavy atom. The minimum Gasteiger partial charge on any atom is -0.366 e. The number of aromatic nitrogens is 1. The number of hydrogen-bond acceptors (Lipinski definition) is 2. The number of benzene rings is 2. The SMILES string of the molecule is CC(C)(C)Nc1c(-c2ccccc2)cc(C#N)n1CCc1ccccc1. The summed E-state index contributed by atoms with van der Waals surface area (Å²) in [6, 6.07) is 25.0. The zero-order valence-corrected chi connectivity index (χ0v) is 15.7. The second-order valence-electron chi connectivity index (χ2n) is 7.53. The van der Waals surface area contributed by atoms with Crippen LogP contribution in [0.5, 0.6) is 0 Å². The average molecular weight is 343 g/mol. The van der Waals surface area contributed by atoms with Crippen molar-refractivity contribution in [1.29, 1.82) is 5.26 Å². The van der Waals surface area contributed by atoms with E-state index in [2.05, 4.69) is 73.1 Å². The normalized spacial score (nSPS) is 11.2. The van der Waals surface area contributed by atoms with Gasteiger partial charge in [-0.3, -0.25) is 0 Å². The minimum absolute atomic E-state index is 0.0981. The molecule has 0 saturated heterocycles. The lowest BCUT2D eigenvalue weighted by Gasteiger charge is -2.25. The summed E-state index contributed by atoms with van der Waals surface area (Å²) >= 11 is 0. The molecule has 0 spiro atoms. The first-order chi connectivity index (χ1) is 12.5. The van der Waals surface area contributed by atoms with Gasteiger partial charge in [0.15, 0.2) is 0 Å². The molecule has 3 heteroatoms. The van der Waals surface area contributed by atoms with Crippen LogP contribution in [-0.4, -0.2) is 10.1 Å². The van der Waals surface area contributed by atoms with Crippen molar-refractivity contribution in [2.75, 3.05) is 5.32 Å². The van der Waals surface area contributed by atoms with Crippen molar-refractivity contribution < 1.29 is 0 Å². The molecule has 2 aromatic carbocycles. The topological polar surface area (TPSA) is 40.8 Å². The summed E-state index contributed by atoms with van der Waals surface area (Å²) < 4.78 is 2.11. The van der Waals surface area contributed by atoms with Crippen molar-refractivity contribution in [2.24, 2.45) is 0 Å². The third-order valence-electron chi connectivity index (χ3n) is 4.26. The fourth-order valence-corrected chi connectivity index (χ4v) is 3.09. The van der Waals surface area contributed by atoms with Crippen LogP contribution in [0.15, 0.2) is 66.7 Å². The van der Waals surface area contributed by atoms with E-state index < -0.39 is 0 Å². The van der Waals surface area contributed by atoms with Gasteiger partial charge in [-0.05, 0) is 44.4 Å². The van der Waals surface area contributed by atoms with Crippen LogP contribution in [0.1, 0.15) is 32.0 Å². The van der Waals surface area contributed by atoms with Crippen LogP contribution >= 0.6 is 0 Å². The third kappa shape index (κ3) is 4.15. The average Bonchev–Trinajstić information content (AvgIpc) is 2.97. The number of hydrogen-bond donors (Lipinski definition) is 1. The molecule has 26 heavy (non-hydrogen) atoms. The first kappa shape index (κ1) is 17.8. The fourth-order valence-electron chi connectivity index (χ4n) is 3.09. The molecule has 0 aliphatic rings. The van der Waals surface area contributed by atoms with E-state index in [4.69, 9.17) is 0 Å². The predicted molar refractivity (Wildman–Crippen MR) is 108 cm³/mol. The first-order valence-corrected chi connectivity index (χ1v) is 8.99. The molecule has 3 aromatic rings. The van der Waals surface area contributed by atoms with E-state index in [1.54, 1.807) is 0 Å². The van der Waals surface area contributed by atoms with Crippen molar-refractivity contribution in [3.8, 4) is 17.2 Å². The maximum absolute atomic E-state index is 9.70. The number of nitriles is 1. The molecule has 0 saturated carbocycles. The third-order valence-corrected chi connectivity index (χ3v) is 4.26. The lowest BCUT2D eigenvalue weighted by atomic mass is 10.1. The van der Waals surface area contributed by atoms with E-state index in [1.165, 1.54) is 5.56 Å². The molecule has 0 atom stereocenters. The number of nitrogens with one attached hydrogen (secondary N) is 1. The van der Waals surface area contributed by atoms with Crippen LogP contribution in [0.4, 0.5) is 5.82 Å². The molecule has 3 nitrogen and oxygen atoms in total. The highest BCUT2D eigenvalue weighted by molar-refractivity contribution is 5.78. The Balaban J connectivity index is 2.03. The highest BCUT2D eigenvalue weighted by atomic mass is 15.1. The van der Waals surface area contributed by atoms with Crippen LogP contribution < -0.4 is 5.32 Å². The largest absolute Gasteiger partial charge is 0.366 e. The van der Waals surface area contributed by atoms with Gasteiger partial charge >= 0.3 is 0 Å². The van der Waals surface area contributed by atoms with Crippen molar-refractivity contribution >= 4 is 5.82 Å². The number of anilines is 1. The molecule has 0 unspecified atom stereocenters. The number of rotatable bonds is 5. The molecule has 0 aliphatic carbocycles. The molecule has 3 rings (SSSR count). The maximum Gasteiger partial charge on any atom is 0.122 e. The first-order valence-electron chi connectivity index (χ1n) is 8.99. The van der Waals surface area contributed by atoms with Gasteiger partial charge in [0, 0.05) is 17.6 Å². The molecule has 1 aromatic heterocycles. The van der Waals surface area contributed by atoms with E-state index in [9.17, 15) is 5.26 Å². The van der Waals surface area contributed by atoms with Gasteiger partial charge < -0.3 is 9.88 Å². The fraction of sp³-hybridized carbons (Fsp3) is 0.261. The number of nitrogens with zero attached hydrogens (tertiary/aromatic N) is 2. The van der Waals surface area contributed by atoms with Crippen LogP contribution in [0, 0.1) is 11.3 Å². The minimum atomic E-state index is -0.0981. The summed E-state index contributed by atoms with van der Waals surface area (Å²) in [7, 11) is 0. The van der Waals surface area contributed by atoms with Crippen LogP contribution in [0.25, 0.3) is 11.1 Å². The Hall–Kier alpha value is -2.99. The van der Waals surface area contributed by atoms with Crippen LogP contribution in [0.3, 0.4) is 0 Å². The van der Waals surface area contributed by atoms with Gasteiger partial charge in [-0.2, -0.15) is 5.26 Å². The van der Waals surface area contributed by atoms with Crippen molar-refractivity contribution in [3.05, 3.63) is 78.0 Å². The van der Waals surface area contributed by atoms with Crippen molar-refractivity contribution in [2.45, 2.75) is 39.3 Å². The molecule has 132 valence electrons. The molecule has 0 bridgehead atoms. The van der Waals surface area contributed by atoms with E-state index in [0.29, 0.717) is 5.69 Å². The zero-order chi connectivity index (χ0) is 18.6. The summed E-state index contributed by atoms with van der Waals surface area (Å²) in [5.41, 5.74) is 4.05. The Kier molecular flexibility index (Phi) is 5.14. The zero-order valence-electron chi connectivity index (χ0n) is 15.7. The second kappa shape index (κ2) is 7.49. The van der Waals surface area contributed by atoms with Gasteiger partial charge in [0.1, 0.15) is 17.6 Å². The lowest BCUT2D eigenvalue weighted by Crippen LogP contribution is -2.28. The van der Waals surface area contributed by atoms with E-state index in [1.807, 2.05) is 30.3 Å². The molecular weight excluding hydrogens is 318 g/mol. The summed E-state index contributed by atoms with van der Waals surface area (Å²) in [5, 5.41) is 13.3. The quantitative estimate of drug-likeness (QED) is 0.666.